The van der Waals surface area contributed by atoms with Crippen LogP contribution in [0.25, 0.3) is 33.4 Å². The summed E-state index contributed by atoms with van der Waals surface area (Å²) < 4.78 is 45.0. The van der Waals surface area contributed by atoms with Crippen molar-refractivity contribution in [2.45, 2.75) is 13.1 Å². The van der Waals surface area contributed by atoms with Gasteiger partial charge in [-0.1, -0.05) is 48.5 Å². The Bertz CT molecular complexity index is 1300. The number of thiophene rings is 1. The minimum Gasteiger partial charge on any atom is -0.462 e. The van der Waals surface area contributed by atoms with E-state index in [0.29, 0.717) is 17.7 Å². The second kappa shape index (κ2) is 9.01. The van der Waals surface area contributed by atoms with Crippen molar-refractivity contribution in [3.63, 3.8) is 0 Å². The lowest BCUT2D eigenvalue weighted by Crippen LogP contribution is -2.04. The van der Waals surface area contributed by atoms with Crippen molar-refractivity contribution in [3.05, 3.63) is 94.4 Å². The molecule has 4 aromatic rings. The molecule has 0 saturated carbocycles. The Morgan fingerprint density at radius 3 is 2.53 bits per heavy atom. The van der Waals surface area contributed by atoms with E-state index in [4.69, 9.17) is 4.74 Å². The maximum absolute atomic E-state index is 12.9. The second-order valence-electron chi connectivity index (χ2n) is 7.13. The maximum atomic E-state index is 12.9. The van der Waals surface area contributed by atoms with E-state index in [9.17, 15) is 18.0 Å². The van der Waals surface area contributed by atoms with Crippen molar-refractivity contribution >= 4 is 39.5 Å². The molecule has 0 saturated heterocycles. The quantitative estimate of drug-likeness (QED) is 0.287. The standard InChI is InChI=1S/C26H19F3O2S/c1-2-31-25(30)20-9-4-7-18(15-20)23-11-5-8-19-16-22(32-24(19)23)13-12-17-6-3-10-21(14-17)26(27,28)29/h3-16H,2H2,1H3. The predicted molar refractivity (Wildman–Crippen MR) is 124 cm³/mol. The van der Waals surface area contributed by atoms with Crippen LogP contribution >= 0.6 is 11.3 Å². The lowest BCUT2D eigenvalue weighted by molar-refractivity contribution is -0.137. The largest absolute Gasteiger partial charge is 0.462 e. The highest BCUT2D eigenvalue weighted by Crippen LogP contribution is 2.36. The molecule has 0 N–H and O–H groups in total. The lowest BCUT2D eigenvalue weighted by atomic mass is 10.0. The van der Waals surface area contributed by atoms with Gasteiger partial charge in [-0.15, -0.1) is 11.3 Å². The van der Waals surface area contributed by atoms with Gasteiger partial charge in [0.1, 0.15) is 0 Å². The molecular weight excluding hydrogens is 433 g/mol. The maximum Gasteiger partial charge on any atom is 0.416 e. The van der Waals surface area contributed by atoms with E-state index < -0.39 is 11.7 Å². The fourth-order valence-electron chi connectivity index (χ4n) is 3.42. The van der Waals surface area contributed by atoms with Crippen LogP contribution in [0.4, 0.5) is 13.2 Å². The van der Waals surface area contributed by atoms with E-state index in [0.717, 1.165) is 38.2 Å². The smallest absolute Gasteiger partial charge is 0.416 e. The Morgan fingerprint density at radius 2 is 1.75 bits per heavy atom. The average molecular weight is 452 g/mol. The van der Waals surface area contributed by atoms with Gasteiger partial charge in [-0.2, -0.15) is 13.2 Å². The van der Waals surface area contributed by atoms with Crippen LogP contribution < -0.4 is 0 Å². The normalized spacial score (nSPS) is 11.9. The van der Waals surface area contributed by atoms with Crippen molar-refractivity contribution in [1.29, 1.82) is 0 Å². The van der Waals surface area contributed by atoms with Crippen molar-refractivity contribution in [2.24, 2.45) is 0 Å². The average Bonchev–Trinajstić information content (AvgIpc) is 3.21. The molecule has 2 nitrogen and oxygen atoms in total. The van der Waals surface area contributed by atoms with Gasteiger partial charge in [-0.25, -0.2) is 4.79 Å². The Kier molecular flexibility index (Phi) is 6.15. The number of hydrogen-bond acceptors (Lipinski definition) is 3. The van der Waals surface area contributed by atoms with Gasteiger partial charge >= 0.3 is 12.1 Å². The number of halogens is 3. The number of fused-ring (bicyclic) bond motifs is 1. The summed E-state index contributed by atoms with van der Waals surface area (Å²) in [6, 6.07) is 20.5. The topological polar surface area (TPSA) is 26.3 Å². The highest BCUT2D eigenvalue weighted by atomic mass is 32.1. The van der Waals surface area contributed by atoms with E-state index in [2.05, 4.69) is 0 Å². The van der Waals surface area contributed by atoms with Crippen LogP contribution in [0.15, 0.2) is 72.8 Å². The minimum atomic E-state index is -4.37. The molecule has 3 aromatic carbocycles. The summed E-state index contributed by atoms with van der Waals surface area (Å²) in [5.74, 6) is -0.364. The zero-order valence-corrected chi connectivity index (χ0v) is 18.0. The number of ether oxygens (including phenoxy) is 1. The first-order valence-electron chi connectivity index (χ1n) is 10.0. The minimum absolute atomic E-state index is 0.311. The zero-order chi connectivity index (χ0) is 22.7. The fourth-order valence-corrected chi connectivity index (χ4v) is 4.52. The summed E-state index contributed by atoms with van der Waals surface area (Å²) in [7, 11) is 0. The summed E-state index contributed by atoms with van der Waals surface area (Å²) in [6.07, 6.45) is -0.867. The molecule has 0 spiro atoms. The summed E-state index contributed by atoms with van der Waals surface area (Å²) in [4.78, 5) is 13.0. The summed E-state index contributed by atoms with van der Waals surface area (Å²) in [5.41, 5.74) is 2.19. The summed E-state index contributed by atoms with van der Waals surface area (Å²) >= 11 is 1.55. The van der Waals surface area contributed by atoms with Crippen LogP contribution in [-0.2, 0) is 10.9 Å². The first-order chi connectivity index (χ1) is 15.3. The van der Waals surface area contributed by atoms with E-state index in [-0.39, 0.29) is 5.97 Å². The first kappa shape index (κ1) is 21.8. The first-order valence-corrected chi connectivity index (χ1v) is 10.8. The molecule has 0 atom stereocenters. The summed E-state index contributed by atoms with van der Waals surface area (Å²) in [5, 5.41) is 1.03. The summed E-state index contributed by atoms with van der Waals surface area (Å²) in [6.45, 7) is 2.08. The molecule has 0 aliphatic carbocycles. The number of rotatable bonds is 5. The molecule has 0 aliphatic heterocycles. The van der Waals surface area contributed by atoms with E-state index >= 15 is 0 Å². The molecule has 0 amide bonds. The second-order valence-corrected chi connectivity index (χ2v) is 8.21. The fraction of sp³-hybridized carbons (Fsp3) is 0.115. The molecular formula is C26H19F3O2S. The van der Waals surface area contributed by atoms with Crippen LogP contribution in [0.3, 0.4) is 0 Å². The number of carbonyl (C=O) groups is 1. The molecule has 1 heterocycles. The van der Waals surface area contributed by atoms with Crippen LogP contribution in [0.2, 0.25) is 0 Å². The van der Waals surface area contributed by atoms with Crippen LogP contribution in [0.1, 0.15) is 33.3 Å². The van der Waals surface area contributed by atoms with Gasteiger partial charge < -0.3 is 4.74 Å². The van der Waals surface area contributed by atoms with E-state index in [1.165, 1.54) is 6.07 Å². The molecule has 32 heavy (non-hydrogen) atoms. The Hall–Kier alpha value is -3.38. The van der Waals surface area contributed by atoms with Crippen molar-refractivity contribution < 1.29 is 22.7 Å². The Balaban J connectivity index is 1.67. The highest BCUT2D eigenvalue weighted by molar-refractivity contribution is 7.20. The number of carbonyl (C=O) groups excluding carboxylic acids is 1. The van der Waals surface area contributed by atoms with E-state index in [1.54, 1.807) is 36.5 Å². The molecule has 0 bridgehead atoms. The van der Waals surface area contributed by atoms with Crippen molar-refractivity contribution in [3.8, 4) is 11.1 Å². The molecule has 1 aromatic heterocycles. The van der Waals surface area contributed by atoms with Gasteiger partial charge in [-0.05, 0) is 65.4 Å². The Morgan fingerprint density at radius 1 is 0.969 bits per heavy atom. The van der Waals surface area contributed by atoms with Gasteiger partial charge in [0.15, 0.2) is 0 Å². The highest BCUT2D eigenvalue weighted by Gasteiger charge is 2.30. The Labute approximate surface area is 187 Å². The van der Waals surface area contributed by atoms with Crippen LogP contribution in [0, 0.1) is 0 Å². The van der Waals surface area contributed by atoms with Gasteiger partial charge in [0, 0.05) is 9.58 Å². The van der Waals surface area contributed by atoms with Crippen LogP contribution in [0.5, 0.6) is 0 Å². The molecule has 0 aliphatic rings. The van der Waals surface area contributed by atoms with Gasteiger partial charge in [0.05, 0.1) is 17.7 Å². The van der Waals surface area contributed by atoms with Gasteiger partial charge in [0.25, 0.3) is 0 Å². The molecule has 0 unspecified atom stereocenters. The number of benzene rings is 3. The third-order valence-corrected chi connectivity index (χ3v) is 6.05. The van der Waals surface area contributed by atoms with Crippen LogP contribution in [-0.4, -0.2) is 12.6 Å². The zero-order valence-electron chi connectivity index (χ0n) is 17.1. The number of alkyl halides is 3. The van der Waals surface area contributed by atoms with E-state index in [1.807, 2.05) is 48.5 Å². The van der Waals surface area contributed by atoms with Crippen molar-refractivity contribution in [1.82, 2.24) is 0 Å². The molecule has 6 heteroatoms. The third kappa shape index (κ3) is 4.75. The SMILES string of the molecule is CCOC(=O)c1cccc(-c2cccc3cc(C=Cc4cccc(C(F)(F)F)c4)sc23)c1. The molecule has 162 valence electrons. The van der Waals surface area contributed by atoms with Gasteiger partial charge in [-0.3, -0.25) is 0 Å². The monoisotopic (exact) mass is 452 g/mol. The molecule has 0 radical (unpaired) electrons. The number of esters is 1. The predicted octanol–water partition coefficient (Wildman–Crippen LogP) is 7.93. The van der Waals surface area contributed by atoms with Crippen molar-refractivity contribution in [2.75, 3.05) is 6.61 Å². The molecule has 4 rings (SSSR count). The third-order valence-electron chi connectivity index (χ3n) is 4.90. The number of hydrogen-bond donors (Lipinski definition) is 0. The molecule has 0 fully saturated rings. The van der Waals surface area contributed by atoms with Gasteiger partial charge in [0.2, 0.25) is 0 Å². The lowest BCUT2D eigenvalue weighted by Gasteiger charge is -2.06.